The third kappa shape index (κ3) is 2.30. The van der Waals surface area contributed by atoms with E-state index in [0.717, 1.165) is 36.2 Å². The Morgan fingerprint density at radius 2 is 2.20 bits per heavy atom. The third-order valence-corrected chi connectivity index (χ3v) is 4.09. The van der Waals surface area contributed by atoms with E-state index in [1.807, 2.05) is 36.6 Å². The maximum absolute atomic E-state index is 12.6. The molecule has 1 aliphatic carbocycles. The molecule has 0 radical (unpaired) electrons. The molecule has 0 spiro atoms. The fourth-order valence-corrected chi connectivity index (χ4v) is 3.01. The van der Waals surface area contributed by atoms with E-state index in [0.29, 0.717) is 11.7 Å². The summed E-state index contributed by atoms with van der Waals surface area (Å²) in [5, 5.41) is 3.16. The Kier molecular flexibility index (Phi) is 3.47. The molecule has 0 aromatic carbocycles. The maximum atomic E-state index is 12.6. The molecule has 2 heterocycles. The van der Waals surface area contributed by atoms with Crippen LogP contribution in [0.4, 0.5) is 0 Å². The molecule has 0 saturated heterocycles. The van der Waals surface area contributed by atoms with E-state index in [1.54, 1.807) is 0 Å². The first-order valence-corrected chi connectivity index (χ1v) is 7.47. The number of rotatable bonds is 3. The van der Waals surface area contributed by atoms with Gasteiger partial charge in [-0.25, -0.2) is 4.98 Å². The molecule has 0 unspecified atom stereocenters. The average molecular weight is 271 g/mol. The highest BCUT2D eigenvalue weighted by atomic mass is 16.2. The molecule has 2 aromatic heterocycles. The van der Waals surface area contributed by atoms with Crippen LogP contribution < -0.4 is 5.32 Å². The van der Waals surface area contributed by atoms with Gasteiger partial charge in [0.05, 0.1) is 5.69 Å². The second-order valence-corrected chi connectivity index (χ2v) is 5.65. The molecule has 4 nitrogen and oxygen atoms in total. The average Bonchev–Trinajstić information content (AvgIpc) is 3.04. The summed E-state index contributed by atoms with van der Waals surface area (Å²) in [6.45, 7) is 4.08. The molecule has 0 atom stereocenters. The number of aryl methyl sites for hydroxylation is 2. The van der Waals surface area contributed by atoms with Crippen molar-refractivity contribution in [3.05, 3.63) is 35.3 Å². The number of nitrogens with zero attached hydrogens (tertiary/aromatic N) is 2. The lowest BCUT2D eigenvalue weighted by Crippen LogP contribution is -2.33. The van der Waals surface area contributed by atoms with E-state index in [9.17, 15) is 4.79 Å². The molecule has 20 heavy (non-hydrogen) atoms. The van der Waals surface area contributed by atoms with Gasteiger partial charge in [-0.15, -0.1) is 0 Å². The molecule has 1 saturated carbocycles. The van der Waals surface area contributed by atoms with E-state index in [1.165, 1.54) is 12.8 Å². The molecule has 3 rings (SSSR count). The number of pyridine rings is 1. The number of hydrogen-bond acceptors (Lipinski definition) is 2. The van der Waals surface area contributed by atoms with E-state index in [2.05, 4.69) is 10.3 Å². The number of carbonyl (C=O) groups is 1. The molecule has 0 aliphatic heterocycles. The van der Waals surface area contributed by atoms with Gasteiger partial charge in [0.15, 0.2) is 0 Å². The first-order chi connectivity index (χ1) is 9.69. The summed E-state index contributed by atoms with van der Waals surface area (Å²) in [6, 6.07) is 4.37. The van der Waals surface area contributed by atoms with Gasteiger partial charge in [-0.1, -0.05) is 19.8 Å². The highest BCUT2D eigenvalue weighted by Gasteiger charge is 2.22. The fourth-order valence-electron chi connectivity index (χ4n) is 3.01. The third-order valence-electron chi connectivity index (χ3n) is 4.09. The topological polar surface area (TPSA) is 46.4 Å². The van der Waals surface area contributed by atoms with Crippen molar-refractivity contribution in [2.75, 3.05) is 0 Å². The van der Waals surface area contributed by atoms with Crippen LogP contribution in [0.15, 0.2) is 18.3 Å². The summed E-state index contributed by atoms with van der Waals surface area (Å²) in [7, 11) is 0. The van der Waals surface area contributed by atoms with Gasteiger partial charge in [-0.3, -0.25) is 9.20 Å². The Bertz CT molecular complexity index is 638. The molecule has 1 N–H and O–H groups in total. The Morgan fingerprint density at radius 3 is 2.90 bits per heavy atom. The van der Waals surface area contributed by atoms with Crippen LogP contribution >= 0.6 is 0 Å². The first kappa shape index (κ1) is 13.2. The standard InChI is InChI=1S/C16H21N3O/c1-3-13-15(16(20)17-12-6-4-5-7-12)19-9-8-11(2)10-14(19)18-13/h8-10,12H,3-7H2,1-2H3,(H,17,20). The molecule has 1 aliphatic rings. The van der Waals surface area contributed by atoms with Gasteiger partial charge < -0.3 is 5.32 Å². The number of nitrogens with one attached hydrogen (secondary N) is 1. The smallest absolute Gasteiger partial charge is 0.270 e. The van der Waals surface area contributed by atoms with E-state index in [-0.39, 0.29) is 5.91 Å². The fraction of sp³-hybridized carbons (Fsp3) is 0.500. The molecular formula is C16H21N3O. The summed E-state index contributed by atoms with van der Waals surface area (Å²) < 4.78 is 1.91. The van der Waals surface area contributed by atoms with Crippen LogP contribution in [-0.4, -0.2) is 21.3 Å². The maximum Gasteiger partial charge on any atom is 0.270 e. The van der Waals surface area contributed by atoms with Crippen molar-refractivity contribution in [3.63, 3.8) is 0 Å². The summed E-state index contributed by atoms with van der Waals surface area (Å²) in [4.78, 5) is 17.2. The number of carbonyl (C=O) groups excluding carboxylic acids is 1. The van der Waals surface area contributed by atoms with Crippen molar-refractivity contribution >= 4 is 11.6 Å². The Morgan fingerprint density at radius 1 is 1.45 bits per heavy atom. The predicted octanol–water partition coefficient (Wildman–Crippen LogP) is 2.88. The minimum atomic E-state index is 0.0186. The lowest BCUT2D eigenvalue weighted by Gasteiger charge is -2.12. The van der Waals surface area contributed by atoms with Crippen molar-refractivity contribution < 1.29 is 4.79 Å². The Balaban J connectivity index is 1.97. The van der Waals surface area contributed by atoms with Gasteiger partial charge >= 0.3 is 0 Å². The second-order valence-electron chi connectivity index (χ2n) is 5.65. The minimum absolute atomic E-state index is 0.0186. The quantitative estimate of drug-likeness (QED) is 0.933. The molecular weight excluding hydrogens is 250 g/mol. The van der Waals surface area contributed by atoms with Crippen molar-refractivity contribution in [2.45, 2.75) is 52.0 Å². The summed E-state index contributed by atoms with van der Waals surface area (Å²) in [6.07, 6.45) is 7.36. The van der Waals surface area contributed by atoms with Crippen LogP contribution in [0.3, 0.4) is 0 Å². The summed E-state index contributed by atoms with van der Waals surface area (Å²) >= 11 is 0. The van der Waals surface area contributed by atoms with Gasteiger partial charge in [-0.2, -0.15) is 0 Å². The Labute approximate surface area is 119 Å². The van der Waals surface area contributed by atoms with Gasteiger partial charge in [0.2, 0.25) is 0 Å². The van der Waals surface area contributed by atoms with Gasteiger partial charge in [0.25, 0.3) is 5.91 Å². The van der Waals surface area contributed by atoms with Crippen LogP contribution in [0.5, 0.6) is 0 Å². The lowest BCUT2D eigenvalue weighted by molar-refractivity contribution is 0.0931. The molecule has 1 amide bonds. The Hall–Kier alpha value is -1.84. The zero-order chi connectivity index (χ0) is 14.1. The van der Waals surface area contributed by atoms with Crippen molar-refractivity contribution in [1.82, 2.24) is 14.7 Å². The number of amides is 1. The summed E-state index contributed by atoms with van der Waals surface area (Å²) in [5.74, 6) is 0.0186. The van der Waals surface area contributed by atoms with Crippen molar-refractivity contribution in [3.8, 4) is 0 Å². The van der Waals surface area contributed by atoms with Crippen molar-refractivity contribution in [1.29, 1.82) is 0 Å². The molecule has 1 fully saturated rings. The number of hydrogen-bond donors (Lipinski definition) is 1. The molecule has 0 bridgehead atoms. The highest BCUT2D eigenvalue weighted by molar-refractivity contribution is 5.95. The van der Waals surface area contributed by atoms with Crippen LogP contribution in [0, 0.1) is 6.92 Å². The van der Waals surface area contributed by atoms with Crippen LogP contribution in [0.25, 0.3) is 5.65 Å². The van der Waals surface area contributed by atoms with Crippen molar-refractivity contribution in [2.24, 2.45) is 0 Å². The molecule has 2 aromatic rings. The zero-order valence-corrected chi connectivity index (χ0v) is 12.1. The van der Waals surface area contributed by atoms with Gasteiger partial charge in [0, 0.05) is 12.2 Å². The SMILES string of the molecule is CCc1nc2cc(C)ccn2c1C(=O)NC1CCCC1. The monoisotopic (exact) mass is 271 g/mol. The number of imidazole rings is 1. The van der Waals surface area contributed by atoms with Gasteiger partial charge in [-0.05, 0) is 43.9 Å². The second kappa shape index (κ2) is 5.27. The first-order valence-electron chi connectivity index (χ1n) is 7.47. The highest BCUT2D eigenvalue weighted by Crippen LogP contribution is 2.20. The molecule has 106 valence electrons. The predicted molar refractivity (Wildman–Crippen MR) is 79.0 cm³/mol. The minimum Gasteiger partial charge on any atom is -0.348 e. The van der Waals surface area contributed by atoms with Crippen LogP contribution in [-0.2, 0) is 6.42 Å². The van der Waals surface area contributed by atoms with E-state index >= 15 is 0 Å². The van der Waals surface area contributed by atoms with Crippen LogP contribution in [0.2, 0.25) is 0 Å². The lowest BCUT2D eigenvalue weighted by atomic mass is 10.2. The summed E-state index contributed by atoms with van der Waals surface area (Å²) in [5.41, 5.74) is 3.60. The normalized spacial score (nSPS) is 15.9. The molecule has 4 heteroatoms. The van der Waals surface area contributed by atoms with E-state index in [4.69, 9.17) is 0 Å². The zero-order valence-electron chi connectivity index (χ0n) is 12.1. The number of aromatic nitrogens is 2. The van der Waals surface area contributed by atoms with Gasteiger partial charge in [0.1, 0.15) is 11.3 Å². The van der Waals surface area contributed by atoms with Crippen LogP contribution in [0.1, 0.15) is 54.4 Å². The number of fused-ring (bicyclic) bond motifs is 1. The largest absolute Gasteiger partial charge is 0.348 e. The van der Waals surface area contributed by atoms with E-state index < -0.39 is 0 Å².